The molecule has 1 unspecified atom stereocenters. The molecule has 1 fully saturated rings. The molecule has 1 aromatic heterocycles. The summed E-state index contributed by atoms with van der Waals surface area (Å²) in [6.07, 6.45) is 0. The van der Waals surface area contributed by atoms with Crippen LogP contribution in [0.2, 0.25) is 0 Å². The molecular weight excluding hydrogens is 310 g/mol. The number of alkyl halides is 1. The molecule has 100 valence electrons. The predicted octanol–water partition coefficient (Wildman–Crippen LogP) is 2.67. The van der Waals surface area contributed by atoms with E-state index in [1.54, 1.807) is 6.07 Å². The van der Waals surface area contributed by atoms with Crippen LogP contribution >= 0.6 is 15.9 Å². The number of morpholine rings is 1. The van der Waals surface area contributed by atoms with Gasteiger partial charge in [-0.05, 0) is 12.1 Å². The third kappa shape index (κ3) is 2.40. The Morgan fingerprint density at radius 3 is 3.05 bits per heavy atom. The number of hydrogen-bond donors (Lipinski definition) is 0. The van der Waals surface area contributed by atoms with E-state index in [-0.39, 0.29) is 11.9 Å². The van der Waals surface area contributed by atoms with Gasteiger partial charge < -0.3 is 14.1 Å². The molecule has 5 heteroatoms. The standard InChI is InChI=1S/C14H14BrNO3/c15-8-11-9-18-6-5-16(11)14(17)13-7-10-3-1-2-4-12(10)19-13/h1-4,7,11H,5-6,8-9H2. The van der Waals surface area contributed by atoms with E-state index in [9.17, 15) is 4.79 Å². The molecule has 1 amide bonds. The van der Waals surface area contributed by atoms with E-state index in [0.717, 1.165) is 11.0 Å². The van der Waals surface area contributed by atoms with Gasteiger partial charge in [-0.3, -0.25) is 4.79 Å². The van der Waals surface area contributed by atoms with Gasteiger partial charge in [-0.25, -0.2) is 0 Å². The maximum atomic E-state index is 12.5. The van der Waals surface area contributed by atoms with Crippen LogP contribution < -0.4 is 0 Å². The first kappa shape index (κ1) is 12.7. The molecule has 4 nitrogen and oxygen atoms in total. The van der Waals surface area contributed by atoms with Gasteiger partial charge in [-0.15, -0.1) is 0 Å². The molecule has 0 saturated carbocycles. The Morgan fingerprint density at radius 1 is 1.42 bits per heavy atom. The summed E-state index contributed by atoms with van der Waals surface area (Å²) in [7, 11) is 0. The van der Waals surface area contributed by atoms with E-state index in [0.29, 0.717) is 30.8 Å². The number of nitrogens with zero attached hydrogens (tertiary/aromatic N) is 1. The van der Waals surface area contributed by atoms with E-state index in [1.165, 1.54) is 0 Å². The number of carbonyl (C=O) groups is 1. The Bertz CT molecular complexity index is 562. The molecule has 1 saturated heterocycles. The van der Waals surface area contributed by atoms with Crippen molar-refractivity contribution in [2.24, 2.45) is 0 Å². The molecule has 19 heavy (non-hydrogen) atoms. The van der Waals surface area contributed by atoms with Crippen molar-refractivity contribution >= 4 is 32.8 Å². The Morgan fingerprint density at radius 2 is 2.26 bits per heavy atom. The van der Waals surface area contributed by atoms with Gasteiger partial charge in [0.1, 0.15) is 5.58 Å². The molecular formula is C14H14BrNO3. The fourth-order valence-electron chi connectivity index (χ4n) is 2.28. The summed E-state index contributed by atoms with van der Waals surface area (Å²) in [5, 5.41) is 1.66. The summed E-state index contributed by atoms with van der Waals surface area (Å²) in [5.74, 6) is 0.331. The third-order valence-electron chi connectivity index (χ3n) is 3.30. The first-order valence-electron chi connectivity index (χ1n) is 6.23. The number of amides is 1. The van der Waals surface area contributed by atoms with Crippen LogP contribution in [0.15, 0.2) is 34.7 Å². The van der Waals surface area contributed by atoms with Crippen LogP contribution in [0.1, 0.15) is 10.6 Å². The van der Waals surface area contributed by atoms with E-state index in [2.05, 4.69) is 15.9 Å². The summed E-state index contributed by atoms with van der Waals surface area (Å²) in [6, 6.07) is 9.51. The molecule has 0 aliphatic carbocycles. The van der Waals surface area contributed by atoms with Crippen molar-refractivity contribution < 1.29 is 13.9 Å². The van der Waals surface area contributed by atoms with Crippen molar-refractivity contribution in [1.29, 1.82) is 0 Å². The van der Waals surface area contributed by atoms with Gasteiger partial charge in [0.05, 0.1) is 19.3 Å². The number of ether oxygens (including phenoxy) is 1. The Labute approximate surface area is 119 Å². The average Bonchev–Trinajstić information content (AvgIpc) is 2.90. The topological polar surface area (TPSA) is 42.7 Å². The lowest BCUT2D eigenvalue weighted by molar-refractivity contribution is 0.00371. The van der Waals surface area contributed by atoms with Crippen LogP contribution in [0.25, 0.3) is 11.0 Å². The number of rotatable bonds is 2. The van der Waals surface area contributed by atoms with Crippen molar-refractivity contribution in [3.8, 4) is 0 Å². The SMILES string of the molecule is O=C(c1cc2ccccc2o1)N1CCOCC1CBr. The first-order valence-corrected chi connectivity index (χ1v) is 7.35. The molecule has 1 atom stereocenters. The molecule has 0 bridgehead atoms. The van der Waals surface area contributed by atoms with Gasteiger partial charge in [0.2, 0.25) is 0 Å². The normalized spacial score (nSPS) is 19.8. The van der Waals surface area contributed by atoms with Gasteiger partial charge in [-0.1, -0.05) is 34.1 Å². The summed E-state index contributed by atoms with van der Waals surface area (Å²) in [4.78, 5) is 14.3. The maximum absolute atomic E-state index is 12.5. The highest BCUT2D eigenvalue weighted by Gasteiger charge is 2.29. The zero-order valence-electron chi connectivity index (χ0n) is 10.3. The Hall–Kier alpha value is -1.33. The highest BCUT2D eigenvalue weighted by molar-refractivity contribution is 9.09. The van der Waals surface area contributed by atoms with Crippen molar-refractivity contribution in [3.05, 3.63) is 36.1 Å². The first-order chi connectivity index (χ1) is 9.29. The van der Waals surface area contributed by atoms with Crippen LogP contribution in [-0.4, -0.2) is 41.9 Å². The second kappa shape index (κ2) is 5.35. The van der Waals surface area contributed by atoms with Crippen LogP contribution in [0, 0.1) is 0 Å². The number of carbonyl (C=O) groups excluding carboxylic acids is 1. The van der Waals surface area contributed by atoms with Crippen LogP contribution in [0.4, 0.5) is 0 Å². The quantitative estimate of drug-likeness (QED) is 0.798. The zero-order valence-corrected chi connectivity index (χ0v) is 11.9. The van der Waals surface area contributed by atoms with Gasteiger partial charge >= 0.3 is 0 Å². The summed E-state index contributed by atoms with van der Waals surface area (Å²) < 4.78 is 11.0. The Balaban J connectivity index is 1.89. The highest BCUT2D eigenvalue weighted by atomic mass is 79.9. The molecule has 0 N–H and O–H groups in total. The lowest BCUT2D eigenvalue weighted by Gasteiger charge is -2.33. The molecule has 0 radical (unpaired) electrons. The van der Waals surface area contributed by atoms with Gasteiger partial charge in [0.15, 0.2) is 5.76 Å². The fraction of sp³-hybridized carbons (Fsp3) is 0.357. The minimum Gasteiger partial charge on any atom is -0.451 e. The lowest BCUT2D eigenvalue weighted by atomic mass is 10.2. The minimum atomic E-state index is -0.0658. The second-order valence-electron chi connectivity index (χ2n) is 4.53. The number of halogens is 1. The Kier molecular flexibility index (Phi) is 3.57. The zero-order chi connectivity index (χ0) is 13.2. The predicted molar refractivity (Wildman–Crippen MR) is 75.7 cm³/mol. The molecule has 1 aliphatic rings. The number of para-hydroxylation sites is 1. The minimum absolute atomic E-state index is 0.0643. The van der Waals surface area contributed by atoms with Gasteiger partial charge in [0, 0.05) is 17.3 Å². The van der Waals surface area contributed by atoms with E-state index < -0.39 is 0 Å². The largest absolute Gasteiger partial charge is 0.451 e. The van der Waals surface area contributed by atoms with Gasteiger partial charge in [0.25, 0.3) is 5.91 Å². The smallest absolute Gasteiger partial charge is 0.290 e. The molecule has 3 rings (SSSR count). The van der Waals surface area contributed by atoms with Crippen LogP contribution in [-0.2, 0) is 4.74 Å². The molecule has 2 aromatic rings. The molecule has 1 aromatic carbocycles. The molecule has 2 heterocycles. The van der Waals surface area contributed by atoms with Crippen LogP contribution in [0.5, 0.6) is 0 Å². The summed E-state index contributed by atoms with van der Waals surface area (Å²) >= 11 is 3.42. The molecule has 1 aliphatic heterocycles. The average molecular weight is 324 g/mol. The summed E-state index contributed by atoms with van der Waals surface area (Å²) in [5.41, 5.74) is 0.745. The third-order valence-corrected chi connectivity index (χ3v) is 4.05. The van der Waals surface area contributed by atoms with Crippen LogP contribution in [0.3, 0.4) is 0 Å². The van der Waals surface area contributed by atoms with E-state index in [1.807, 2.05) is 29.2 Å². The fourth-order valence-corrected chi connectivity index (χ4v) is 2.82. The van der Waals surface area contributed by atoms with E-state index in [4.69, 9.17) is 9.15 Å². The van der Waals surface area contributed by atoms with Crippen molar-refractivity contribution in [3.63, 3.8) is 0 Å². The molecule has 0 spiro atoms. The lowest BCUT2D eigenvalue weighted by Crippen LogP contribution is -2.49. The van der Waals surface area contributed by atoms with Gasteiger partial charge in [-0.2, -0.15) is 0 Å². The van der Waals surface area contributed by atoms with Crippen molar-refractivity contribution in [2.75, 3.05) is 25.1 Å². The number of furan rings is 1. The number of benzene rings is 1. The maximum Gasteiger partial charge on any atom is 0.290 e. The van der Waals surface area contributed by atoms with Crippen molar-refractivity contribution in [1.82, 2.24) is 4.90 Å². The van der Waals surface area contributed by atoms with Crippen molar-refractivity contribution in [2.45, 2.75) is 6.04 Å². The summed E-state index contributed by atoms with van der Waals surface area (Å²) in [6.45, 7) is 1.75. The van der Waals surface area contributed by atoms with E-state index >= 15 is 0 Å². The number of hydrogen-bond acceptors (Lipinski definition) is 3. The highest BCUT2D eigenvalue weighted by Crippen LogP contribution is 2.22. The number of fused-ring (bicyclic) bond motifs is 1. The second-order valence-corrected chi connectivity index (χ2v) is 5.18. The monoisotopic (exact) mass is 323 g/mol.